The molecular weight excluding hydrogens is 242 g/mol. The van der Waals surface area contributed by atoms with Crippen LogP contribution >= 0.6 is 11.3 Å². The highest BCUT2D eigenvalue weighted by Gasteiger charge is 2.16. The Morgan fingerprint density at radius 2 is 2.33 bits per heavy atom. The van der Waals surface area contributed by atoms with Crippen LogP contribution in [0.2, 0.25) is 0 Å². The third-order valence-electron chi connectivity index (χ3n) is 2.99. The van der Waals surface area contributed by atoms with Crippen molar-refractivity contribution >= 4 is 11.3 Å². The number of rotatable bonds is 7. The van der Waals surface area contributed by atoms with Crippen LogP contribution in [0, 0.1) is 0 Å². The first-order valence-corrected chi connectivity index (χ1v) is 7.54. The first-order chi connectivity index (χ1) is 8.85. The van der Waals surface area contributed by atoms with E-state index in [1.54, 1.807) is 11.3 Å². The van der Waals surface area contributed by atoms with Crippen molar-refractivity contribution in [3.63, 3.8) is 0 Å². The van der Waals surface area contributed by atoms with Crippen molar-refractivity contribution in [1.29, 1.82) is 0 Å². The van der Waals surface area contributed by atoms with Crippen molar-refractivity contribution in [1.82, 2.24) is 14.9 Å². The molecule has 2 heterocycles. The molecule has 1 unspecified atom stereocenters. The molecule has 4 heteroatoms. The van der Waals surface area contributed by atoms with Gasteiger partial charge in [0, 0.05) is 18.9 Å². The van der Waals surface area contributed by atoms with Crippen LogP contribution in [-0.2, 0) is 13.0 Å². The van der Waals surface area contributed by atoms with Gasteiger partial charge in [-0.1, -0.05) is 13.8 Å². The Balaban J connectivity index is 2.15. The zero-order chi connectivity index (χ0) is 12.8. The SMILES string of the molecule is CCCn1ccnc1C(Cc1ccsc1)NCC. The van der Waals surface area contributed by atoms with Gasteiger partial charge in [0.1, 0.15) is 5.82 Å². The quantitative estimate of drug-likeness (QED) is 0.831. The molecular formula is C14H21N3S. The van der Waals surface area contributed by atoms with Crippen LogP contribution in [0.5, 0.6) is 0 Å². The van der Waals surface area contributed by atoms with E-state index in [4.69, 9.17) is 0 Å². The lowest BCUT2D eigenvalue weighted by atomic mass is 10.1. The molecule has 0 aliphatic heterocycles. The molecule has 0 bridgehead atoms. The monoisotopic (exact) mass is 263 g/mol. The highest BCUT2D eigenvalue weighted by molar-refractivity contribution is 7.07. The number of likely N-dealkylation sites (N-methyl/N-ethyl adjacent to an activating group) is 1. The molecule has 3 nitrogen and oxygen atoms in total. The van der Waals surface area contributed by atoms with Gasteiger partial charge in [-0.2, -0.15) is 11.3 Å². The van der Waals surface area contributed by atoms with Gasteiger partial charge >= 0.3 is 0 Å². The molecule has 98 valence electrons. The van der Waals surface area contributed by atoms with Gasteiger partial charge in [-0.05, 0) is 41.8 Å². The van der Waals surface area contributed by atoms with Crippen molar-refractivity contribution in [3.8, 4) is 0 Å². The molecule has 0 aromatic carbocycles. The highest BCUT2D eigenvalue weighted by atomic mass is 32.1. The molecule has 0 aliphatic carbocycles. The number of aryl methyl sites for hydroxylation is 1. The van der Waals surface area contributed by atoms with Crippen LogP contribution in [0.25, 0.3) is 0 Å². The van der Waals surface area contributed by atoms with E-state index in [1.807, 2.05) is 6.20 Å². The zero-order valence-corrected chi connectivity index (χ0v) is 11.9. The summed E-state index contributed by atoms with van der Waals surface area (Å²) in [5.74, 6) is 1.16. The van der Waals surface area contributed by atoms with Crippen LogP contribution in [0.3, 0.4) is 0 Å². The van der Waals surface area contributed by atoms with Crippen LogP contribution < -0.4 is 5.32 Å². The van der Waals surface area contributed by atoms with Gasteiger partial charge in [0.15, 0.2) is 0 Å². The maximum Gasteiger partial charge on any atom is 0.126 e. The Kier molecular flexibility index (Phi) is 4.96. The summed E-state index contributed by atoms with van der Waals surface area (Å²) in [7, 11) is 0. The van der Waals surface area contributed by atoms with Crippen molar-refractivity contribution in [2.45, 2.75) is 39.3 Å². The van der Waals surface area contributed by atoms with Gasteiger partial charge < -0.3 is 9.88 Å². The molecule has 1 atom stereocenters. The summed E-state index contributed by atoms with van der Waals surface area (Å²) < 4.78 is 2.26. The zero-order valence-electron chi connectivity index (χ0n) is 11.1. The first kappa shape index (κ1) is 13.3. The van der Waals surface area contributed by atoms with Crippen molar-refractivity contribution in [3.05, 3.63) is 40.6 Å². The lowest BCUT2D eigenvalue weighted by molar-refractivity contribution is 0.488. The number of hydrogen-bond donors (Lipinski definition) is 1. The summed E-state index contributed by atoms with van der Waals surface area (Å²) in [4.78, 5) is 4.54. The lowest BCUT2D eigenvalue weighted by Crippen LogP contribution is -2.26. The van der Waals surface area contributed by atoms with E-state index in [0.29, 0.717) is 6.04 Å². The summed E-state index contributed by atoms with van der Waals surface area (Å²) in [6.07, 6.45) is 6.14. The second kappa shape index (κ2) is 6.71. The lowest BCUT2D eigenvalue weighted by Gasteiger charge is -2.18. The fraction of sp³-hybridized carbons (Fsp3) is 0.500. The predicted molar refractivity (Wildman–Crippen MR) is 77.0 cm³/mol. The minimum absolute atomic E-state index is 0.311. The van der Waals surface area contributed by atoms with Gasteiger partial charge in [0.25, 0.3) is 0 Å². The van der Waals surface area contributed by atoms with Crippen LogP contribution in [-0.4, -0.2) is 16.1 Å². The third kappa shape index (κ3) is 3.21. The Bertz CT molecular complexity index is 447. The second-order valence-electron chi connectivity index (χ2n) is 4.42. The van der Waals surface area contributed by atoms with Crippen molar-refractivity contribution < 1.29 is 0 Å². The number of nitrogens with zero attached hydrogens (tertiary/aromatic N) is 2. The molecule has 2 aromatic rings. The molecule has 18 heavy (non-hydrogen) atoms. The molecule has 2 aromatic heterocycles. The fourth-order valence-corrected chi connectivity index (χ4v) is 2.89. The standard InChI is InChI=1S/C14H21N3S/c1-3-7-17-8-6-16-14(17)13(15-4-2)10-12-5-9-18-11-12/h5-6,8-9,11,13,15H,3-4,7,10H2,1-2H3. The second-order valence-corrected chi connectivity index (χ2v) is 5.20. The summed E-state index contributed by atoms with van der Waals surface area (Å²) >= 11 is 1.76. The molecule has 0 saturated heterocycles. The summed E-state index contributed by atoms with van der Waals surface area (Å²) in [6.45, 7) is 6.35. The minimum Gasteiger partial charge on any atom is -0.334 e. The van der Waals surface area contributed by atoms with E-state index in [-0.39, 0.29) is 0 Å². The van der Waals surface area contributed by atoms with E-state index < -0.39 is 0 Å². The van der Waals surface area contributed by atoms with E-state index in [9.17, 15) is 0 Å². The fourth-order valence-electron chi connectivity index (χ4n) is 2.21. The first-order valence-electron chi connectivity index (χ1n) is 6.60. The number of aromatic nitrogens is 2. The van der Waals surface area contributed by atoms with Crippen LogP contribution in [0.1, 0.15) is 37.7 Å². The largest absolute Gasteiger partial charge is 0.334 e. The summed E-state index contributed by atoms with van der Waals surface area (Å²) in [5, 5.41) is 7.90. The molecule has 0 spiro atoms. The highest BCUT2D eigenvalue weighted by Crippen LogP contribution is 2.19. The van der Waals surface area contributed by atoms with Crippen LogP contribution in [0.15, 0.2) is 29.2 Å². The Morgan fingerprint density at radius 3 is 3.00 bits per heavy atom. The van der Waals surface area contributed by atoms with E-state index in [1.165, 1.54) is 5.56 Å². The smallest absolute Gasteiger partial charge is 0.126 e. The third-order valence-corrected chi connectivity index (χ3v) is 3.73. The molecule has 2 rings (SSSR count). The number of nitrogens with one attached hydrogen (secondary N) is 1. The summed E-state index contributed by atoms with van der Waals surface area (Å²) in [6, 6.07) is 2.51. The van der Waals surface area contributed by atoms with E-state index in [0.717, 1.165) is 31.8 Å². The molecule has 1 N–H and O–H groups in total. The van der Waals surface area contributed by atoms with Crippen LogP contribution in [0.4, 0.5) is 0 Å². The minimum atomic E-state index is 0.311. The number of thiophene rings is 1. The average molecular weight is 263 g/mol. The molecule has 0 radical (unpaired) electrons. The van der Waals surface area contributed by atoms with E-state index in [2.05, 4.69) is 51.7 Å². The maximum atomic E-state index is 4.54. The average Bonchev–Trinajstić information content (AvgIpc) is 3.00. The van der Waals surface area contributed by atoms with Gasteiger partial charge in [-0.15, -0.1) is 0 Å². The van der Waals surface area contributed by atoms with E-state index >= 15 is 0 Å². The van der Waals surface area contributed by atoms with Gasteiger partial charge in [0.05, 0.1) is 6.04 Å². The van der Waals surface area contributed by atoms with Gasteiger partial charge in [-0.25, -0.2) is 4.98 Å². The Morgan fingerprint density at radius 1 is 1.44 bits per heavy atom. The molecule has 0 saturated carbocycles. The molecule has 0 aliphatic rings. The van der Waals surface area contributed by atoms with Crippen molar-refractivity contribution in [2.75, 3.05) is 6.54 Å². The molecule has 0 amide bonds. The predicted octanol–water partition coefficient (Wildman–Crippen LogP) is 3.25. The van der Waals surface area contributed by atoms with Crippen molar-refractivity contribution in [2.24, 2.45) is 0 Å². The molecule has 0 fully saturated rings. The topological polar surface area (TPSA) is 29.9 Å². The van der Waals surface area contributed by atoms with Gasteiger partial charge in [0.2, 0.25) is 0 Å². The Hall–Kier alpha value is -1.13. The maximum absolute atomic E-state index is 4.54. The summed E-state index contributed by atoms with van der Waals surface area (Å²) in [5.41, 5.74) is 1.39. The normalized spacial score (nSPS) is 12.8. The van der Waals surface area contributed by atoms with Gasteiger partial charge in [-0.3, -0.25) is 0 Å². The Labute approximate surface area is 113 Å². The number of imidazole rings is 1. The number of hydrogen-bond acceptors (Lipinski definition) is 3.